The molecule has 1 rings (SSSR count). The van der Waals surface area contributed by atoms with Crippen LogP contribution in [0.15, 0.2) is 0 Å². The lowest BCUT2D eigenvalue weighted by molar-refractivity contribution is -0.00729. The lowest BCUT2D eigenvalue weighted by Gasteiger charge is -2.25. The van der Waals surface area contributed by atoms with Gasteiger partial charge in [0.2, 0.25) is 0 Å². The predicted molar refractivity (Wildman–Crippen MR) is 69.6 cm³/mol. The first-order valence-corrected chi connectivity index (χ1v) is 8.16. The Bertz CT molecular complexity index is 300. The van der Waals surface area contributed by atoms with Gasteiger partial charge in [-0.3, -0.25) is 4.57 Å². The number of hydrogen-bond acceptors (Lipinski definition) is 5. The largest absolute Gasteiger partial charge is 0.393 e. The second-order valence-electron chi connectivity index (χ2n) is 5.52. The van der Waals surface area contributed by atoms with Gasteiger partial charge in [0.05, 0.1) is 24.4 Å². The number of aliphatic hydroxyl groups excluding tert-OH is 1. The van der Waals surface area contributed by atoms with Gasteiger partial charge in [-0.1, -0.05) is 6.92 Å². The molecule has 0 amide bonds. The van der Waals surface area contributed by atoms with E-state index in [-0.39, 0.29) is 31.1 Å². The molecule has 18 heavy (non-hydrogen) atoms. The summed E-state index contributed by atoms with van der Waals surface area (Å²) in [6.45, 7) is 9.15. The topological polar surface area (TPSA) is 65.0 Å². The van der Waals surface area contributed by atoms with Gasteiger partial charge in [0.1, 0.15) is 6.35 Å². The zero-order valence-corrected chi connectivity index (χ0v) is 12.8. The molecular weight excluding hydrogens is 255 g/mol. The highest BCUT2D eigenvalue weighted by atomic mass is 31.2. The summed E-state index contributed by atoms with van der Waals surface area (Å²) in [4.78, 5) is 0. The van der Waals surface area contributed by atoms with E-state index in [9.17, 15) is 9.67 Å². The number of rotatable bonds is 8. The van der Waals surface area contributed by atoms with E-state index in [0.29, 0.717) is 0 Å². The van der Waals surface area contributed by atoms with Crippen molar-refractivity contribution in [3.05, 3.63) is 0 Å². The molecule has 1 aliphatic rings. The molecule has 0 saturated heterocycles. The zero-order valence-electron chi connectivity index (χ0n) is 11.9. The van der Waals surface area contributed by atoms with Crippen LogP contribution in [0.25, 0.3) is 0 Å². The molecule has 0 heterocycles. The van der Waals surface area contributed by atoms with E-state index in [1.807, 2.05) is 6.92 Å². The van der Waals surface area contributed by atoms with Crippen LogP contribution < -0.4 is 0 Å². The highest BCUT2D eigenvalue weighted by Crippen LogP contribution is 2.54. The molecule has 5 nitrogen and oxygen atoms in total. The highest BCUT2D eigenvalue weighted by Gasteiger charge is 2.53. The predicted octanol–water partition coefficient (Wildman–Crippen LogP) is 2.77. The highest BCUT2D eigenvalue weighted by molar-refractivity contribution is 7.53. The average molecular weight is 280 g/mol. The lowest BCUT2D eigenvalue weighted by atomic mass is 10.3. The number of aliphatic hydroxyl groups is 1. The minimum absolute atomic E-state index is 0.0580. The van der Waals surface area contributed by atoms with Crippen molar-refractivity contribution in [3.8, 4) is 0 Å². The summed E-state index contributed by atoms with van der Waals surface area (Å²) in [6, 6.07) is 0. The van der Waals surface area contributed by atoms with E-state index in [1.165, 1.54) is 0 Å². The fraction of sp³-hybridized carbons (Fsp3) is 1.00. The van der Waals surface area contributed by atoms with Crippen LogP contribution in [-0.2, 0) is 18.3 Å². The summed E-state index contributed by atoms with van der Waals surface area (Å²) < 4.78 is 28.8. The first-order chi connectivity index (χ1) is 8.23. The van der Waals surface area contributed by atoms with Gasteiger partial charge >= 0.3 is 7.60 Å². The van der Waals surface area contributed by atoms with Crippen LogP contribution >= 0.6 is 7.60 Å². The quantitative estimate of drug-likeness (QED) is 0.693. The van der Waals surface area contributed by atoms with Gasteiger partial charge in [-0.05, 0) is 40.0 Å². The second-order valence-corrected chi connectivity index (χ2v) is 7.42. The molecule has 0 unspecified atom stereocenters. The molecule has 0 spiro atoms. The second kappa shape index (κ2) is 6.02. The third-order valence-corrected chi connectivity index (χ3v) is 4.84. The first kappa shape index (κ1) is 16.1. The minimum Gasteiger partial charge on any atom is -0.393 e. The Labute approximate surface area is 109 Å². The smallest absolute Gasteiger partial charge is 0.356 e. The van der Waals surface area contributed by atoms with Crippen molar-refractivity contribution in [3.63, 3.8) is 0 Å². The average Bonchev–Trinajstić information content (AvgIpc) is 2.85. The zero-order chi connectivity index (χ0) is 14.0. The number of ether oxygens (including phenoxy) is 1. The molecule has 0 aromatic carbocycles. The normalized spacial score (nSPS) is 28.1. The molecule has 1 N–H and O–H groups in total. The molecule has 0 radical (unpaired) electrons. The Morgan fingerprint density at radius 2 is 1.72 bits per heavy atom. The maximum Gasteiger partial charge on any atom is 0.356 e. The Morgan fingerprint density at radius 1 is 1.28 bits per heavy atom. The molecule has 1 saturated carbocycles. The standard InChI is InChI=1S/C12H25O5P/c1-9(2)16-18(14,17-10(3)4)8-15-12(7-13)6-11(12)5/h9-11,13H,6-8H2,1-5H3/t11-,12+/m1/s1. The monoisotopic (exact) mass is 280 g/mol. The Kier molecular flexibility index (Phi) is 5.39. The minimum atomic E-state index is -3.26. The van der Waals surface area contributed by atoms with E-state index in [4.69, 9.17) is 13.8 Å². The van der Waals surface area contributed by atoms with Crippen LogP contribution in [-0.4, -0.2) is 35.9 Å². The fourth-order valence-corrected chi connectivity index (χ4v) is 3.73. The molecule has 0 aromatic rings. The van der Waals surface area contributed by atoms with E-state index < -0.39 is 13.2 Å². The van der Waals surface area contributed by atoms with Gasteiger partial charge in [0.15, 0.2) is 0 Å². The Hall–Kier alpha value is 0.0700. The summed E-state index contributed by atoms with van der Waals surface area (Å²) in [5, 5.41) is 9.29. The first-order valence-electron chi connectivity index (χ1n) is 6.44. The molecule has 0 bridgehead atoms. The van der Waals surface area contributed by atoms with Gasteiger partial charge in [-0.25, -0.2) is 0 Å². The van der Waals surface area contributed by atoms with Crippen molar-refractivity contribution in [1.29, 1.82) is 0 Å². The molecule has 108 valence electrons. The van der Waals surface area contributed by atoms with Gasteiger partial charge in [0, 0.05) is 0 Å². The van der Waals surface area contributed by atoms with Crippen molar-refractivity contribution in [1.82, 2.24) is 0 Å². The molecule has 0 aromatic heterocycles. The summed E-state index contributed by atoms with van der Waals surface area (Å²) in [7, 11) is -3.26. The van der Waals surface area contributed by atoms with E-state index >= 15 is 0 Å². The van der Waals surface area contributed by atoms with Crippen LogP contribution in [0.3, 0.4) is 0 Å². The summed E-state index contributed by atoms with van der Waals surface area (Å²) in [5.74, 6) is 0.286. The van der Waals surface area contributed by atoms with Gasteiger partial charge in [0.25, 0.3) is 0 Å². The number of hydrogen-bond donors (Lipinski definition) is 1. The van der Waals surface area contributed by atoms with Gasteiger partial charge < -0.3 is 18.9 Å². The molecule has 1 fully saturated rings. The van der Waals surface area contributed by atoms with E-state index in [2.05, 4.69) is 0 Å². The van der Waals surface area contributed by atoms with Crippen molar-refractivity contribution < 1.29 is 23.5 Å². The summed E-state index contributed by atoms with van der Waals surface area (Å²) in [6.07, 6.45) is 0.293. The third-order valence-electron chi connectivity index (χ3n) is 2.91. The van der Waals surface area contributed by atoms with Crippen molar-refractivity contribution in [2.24, 2.45) is 5.92 Å². The Balaban J connectivity index is 2.59. The van der Waals surface area contributed by atoms with Crippen molar-refractivity contribution in [2.45, 2.75) is 58.8 Å². The van der Waals surface area contributed by atoms with Crippen LogP contribution in [0.2, 0.25) is 0 Å². The van der Waals surface area contributed by atoms with Crippen LogP contribution in [0.1, 0.15) is 41.0 Å². The van der Waals surface area contributed by atoms with Crippen LogP contribution in [0.5, 0.6) is 0 Å². The van der Waals surface area contributed by atoms with Crippen molar-refractivity contribution in [2.75, 3.05) is 13.0 Å². The fourth-order valence-electron chi connectivity index (χ4n) is 1.86. The molecule has 2 atom stereocenters. The lowest BCUT2D eigenvalue weighted by Crippen LogP contribution is -2.24. The molecule has 1 aliphatic carbocycles. The molecule has 0 aliphatic heterocycles. The van der Waals surface area contributed by atoms with Gasteiger partial charge in [-0.15, -0.1) is 0 Å². The maximum absolute atomic E-state index is 12.5. The van der Waals surface area contributed by atoms with E-state index in [1.54, 1.807) is 27.7 Å². The molecular formula is C12H25O5P. The maximum atomic E-state index is 12.5. The Morgan fingerprint density at radius 3 is 2.00 bits per heavy atom. The van der Waals surface area contributed by atoms with Crippen LogP contribution in [0.4, 0.5) is 0 Å². The molecule has 6 heteroatoms. The third kappa shape index (κ3) is 4.32. The van der Waals surface area contributed by atoms with Crippen LogP contribution in [0, 0.1) is 5.92 Å². The van der Waals surface area contributed by atoms with E-state index in [0.717, 1.165) is 6.42 Å². The summed E-state index contributed by atoms with van der Waals surface area (Å²) in [5.41, 5.74) is -0.545. The van der Waals surface area contributed by atoms with Gasteiger partial charge in [-0.2, -0.15) is 0 Å². The SMILES string of the molecule is CC(C)OP(=O)(CO[C@]1(CO)C[C@H]1C)OC(C)C. The van der Waals surface area contributed by atoms with Crippen molar-refractivity contribution >= 4 is 7.60 Å². The summed E-state index contributed by atoms with van der Waals surface area (Å²) >= 11 is 0.